The molecule has 0 aliphatic heterocycles. The van der Waals surface area contributed by atoms with Crippen LogP contribution in [-0.2, 0) is 0 Å². The predicted octanol–water partition coefficient (Wildman–Crippen LogP) is 2.39. The number of nitrogens with zero attached hydrogens (tertiary/aromatic N) is 3. The first-order valence-corrected chi connectivity index (χ1v) is 6.01. The normalized spacial score (nSPS) is 13.5. The molecule has 7 heteroatoms. The van der Waals surface area contributed by atoms with Gasteiger partial charge >= 0.3 is 0 Å². The summed E-state index contributed by atoms with van der Waals surface area (Å²) in [6.45, 7) is 6.53. The minimum absolute atomic E-state index is 0.0258. The Hall–Kier alpha value is -0.650. The van der Waals surface area contributed by atoms with E-state index in [2.05, 4.69) is 41.0 Å². The summed E-state index contributed by atoms with van der Waals surface area (Å²) < 4.78 is 0. The molecule has 0 fully saturated rings. The third-order valence-electron chi connectivity index (χ3n) is 1.92. The lowest BCUT2D eigenvalue weighted by Crippen LogP contribution is -2.25. The van der Waals surface area contributed by atoms with Gasteiger partial charge in [0.1, 0.15) is 0 Å². The van der Waals surface area contributed by atoms with Crippen molar-refractivity contribution in [3.05, 3.63) is 10.6 Å². The topological polar surface area (TPSA) is 70.9 Å². The van der Waals surface area contributed by atoms with Gasteiger partial charge < -0.3 is 10.4 Å². The highest BCUT2D eigenvalue weighted by atomic mass is 35.5. The summed E-state index contributed by atoms with van der Waals surface area (Å²) in [5.74, 6) is 0.267. The van der Waals surface area contributed by atoms with Gasteiger partial charge in [-0.1, -0.05) is 20.8 Å². The van der Waals surface area contributed by atoms with Crippen LogP contribution in [0.25, 0.3) is 0 Å². The lowest BCUT2D eigenvalue weighted by Gasteiger charge is -2.22. The summed E-state index contributed by atoms with van der Waals surface area (Å²) in [4.78, 5) is 11.3. The molecule has 0 bridgehead atoms. The second-order valence-electron chi connectivity index (χ2n) is 5.00. The van der Waals surface area contributed by atoms with E-state index in [1.807, 2.05) is 0 Å². The highest BCUT2D eigenvalue weighted by molar-refractivity contribution is 6.31. The molecule has 1 heterocycles. The fourth-order valence-electron chi connectivity index (χ4n) is 1.39. The summed E-state index contributed by atoms with van der Waals surface area (Å²) in [7, 11) is 0. The Morgan fingerprint density at radius 2 is 1.71 bits per heavy atom. The van der Waals surface area contributed by atoms with Crippen molar-refractivity contribution in [3.63, 3.8) is 0 Å². The molecule has 1 atom stereocenters. The molecule has 0 aromatic carbocycles. The zero-order chi connectivity index (χ0) is 13.1. The van der Waals surface area contributed by atoms with Crippen LogP contribution in [0.2, 0.25) is 10.6 Å². The maximum absolute atomic E-state index is 9.79. The van der Waals surface area contributed by atoms with Crippen molar-refractivity contribution in [2.24, 2.45) is 5.41 Å². The fourth-order valence-corrected chi connectivity index (χ4v) is 1.76. The number of hydrogen-bond acceptors (Lipinski definition) is 5. The van der Waals surface area contributed by atoms with Gasteiger partial charge in [-0.2, -0.15) is 15.0 Å². The molecule has 2 N–H and O–H groups in total. The lowest BCUT2D eigenvalue weighted by molar-refractivity contribution is 0.132. The molecule has 0 aliphatic carbocycles. The molecule has 1 aromatic heterocycles. The van der Waals surface area contributed by atoms with E-state index in [0.717, 1.165) is 0 Å². The number of hydrogen-bond donors (Lipinski definition) is 2. The van der Waals surface area contributed by atoms with Crippen LogP contribution in [0.5, 0.6) is 0 Å². The van der Waals surface area contributed by atoms with Crippen molar-refractivity contribution >= 4 is 29.2 Å². The fraction of sp³-hybridized carbons (Fsp3) is 0.700. The summed E-state index contributed by atoms with van der Waals surface area (Å²) in [6, 6.07) is 0. The number of anilines is 1. The van der Waals surface area contributed by atoms with Gasteiger partial charge in [0.25, 0.3) is 0 Å². The average molecular weight is 279 g/mol. The molecule has 1 rings (SSSR count). The Kier molecular flexibility index (Phi) is 4.91. The van der Waals surface area contributed by atoms with Gasteiger partial charge in [0, 0.05) is 6.54 Å². The Bertz CT molecular complexity index is 361. The zero-order valence-corrected chi connectivity index (χ0v) is 11.5. The van der Waals surface area contributed by atoms with Crippen molar-refractivity contribution < 1.29 is 5.11 Å². The molecule has 17 heavy (non-hydrogen) atoms. The van der Waals surface area contributed by atoms with E-state index in [-0.39, 0.29) is 21.9 Å². The minimum atomic E-state index is -0.482. The van der Waals surface area contributed by atoms with Crippen LogP contribution in [0.1, 0.15) is 27.2 Å². The zero-order valence-electron chi connectivity index (χ0n) is 10.0. The van der Waals surface area contributed by atoms with Gasteiger partial charge in [-0.3, -0.25) is 0 Å². The Balaban J connectivity index is 2.50. The Morgan fingerprint density at radius 3 is 2.18 bits per heavy atom. The van der Waals surface area contributed by atoms with Crippen LogP contribution in [-0.4, -0.2) is 32.7 Å². The van der Waals surface area contributed by atoms with Gasteiger partial charge in [0.05, 0.1) is 6.10 Å². The van der Waals surface area contributed by atoms with Gasteiger partial charge in [-0.15, -0.1) is 0 Å². The maximum Gasteiger partial charge on any atom is 0.228 e. The van der Waals surface area contributed by atoms with Crippen LogP contribution in [0, 0.1) is 5.41 Å². The van der Waals surface area contributed by atoms with Gasteiger partial charge in [0.2, 0.25) is 16.5 Å². The van der Waals surface area contributed by atoms with Gasteiger partial charge in [0.15, 0.2) is 0 Å². The summed E-state index contributed by atoms with van der Waals surface area (Å²) in [6.07, 6.45) is 0.191. The first kappa shape index (κ1) is 14.4. The summed E-state index contributed by atoms with van der Waals surface area (Å²) in [5, 5.41) is 12.7. The highest BCUT2D eigenvalue weighted by Gasteiger charge is 2.16. The van der Waals surface area contributed by atoms with Crippen molar-refractivity contribution in [1.82, 2.24) is 15.0 Å². The van der Waals surface area contributed by atoms with E-state index in [9.17, 15) is 5.11 Å². The molecular weight excluding hydrogens is 263 g/mol. The SMILES string of the molecule is CC(C)(C)CC(O)CNc1nc(Cl)nc(Cl)n1. The standard InChI is InChI=1S/C10H16Cl2N4O/c1-10(2,3)4-6(17)5-13-9-15-7(11)14-8(12)16-9/h6,17H,4-5H2,1-3H3,(H,13,14,15,16). The lowest BCUT2D eigenvalue weighted by atomic mass is 9.89. The molecule has 0 saturated carbocycles. The summed E-state index contributed by atoms with van der Waals surface area (Å²) in [5.41, 5.74) is 0.0650. The van der Waals surface area contributed by atoms with E-state index >= 15 is 0 Å². The quantitative estimate of drug-likeness (QED) is 0.885. The monoisotopic (exact) mass is 278 g/mol. The molecule has 0 amide bonds. The first-order valence-electron chi connectivity index (χ1n) is 5.25. The molecule has 96 valence electrons. The van der Waals surface area contributed by atoms with E-state index < -0.39 is 6.10 Å². The Labute approximate surface area is 111 Å². The van der Waals surface area contributed by atoms with Crippen molar-refractivity contribution in [2.75, 3.05) is 11.9 Å². The second kappa shape index (κ2) is 5.80. The molecular formula is C10H16Cl2N4O. The van der Waals surface area contributed by atoms with Crippen LogP contribution in [0.3, 0.4) is 0 Å². The number of aliphatic hydroxyl groups is 1. The molecule has 0 aliphatic rings. The number of aromatic nitrogens is 3. The van der Waals surface area contributed by atoms with Crippen LogP contribution in [0.15, 0.2) is 0 Å². The van der Waals surface area contributed by atoms with Crippen molar-refractivity contribution in [1.29, 1.82) is 0 Å². The highest BCUT2D eigenvalue weighted by Crippen LogP contribution is 2.20. The van der Waals surface area contributed by atoms with Crippen LogP contribution in [0.4, 0.5) is 5.95 Å². The molecule has 5 nitrogen and oxygen atoms in total. The molecule has 1 unspecified atom stereocenters. The number of halogens is 2. The second-order valence-corrected chi connectivity index (χ2v) is 5.67. The van der Waals surface area contributed by atoms with Gasteiger partial charge in [-0.05, 0) is 35.0 Å². The van der Waals surface area contributed by atoms with E-state index in [0.29, 0.717) is 13.0 Å². The number of rotatable bonds is 4. The molecule has 0 saturated heterocycles. The average Bonchev–Trinajstić information content (AvgIpc) is 2.10. The smallest absolute Gasteiger partial charge is 0.228 e. The third kappa shape index (κ3) is 6.00. The molecule has 1 aromatic rings. The number of nitrogens with one attached hydrogen (secondary N) is 1. The van der Waals surface area contributed by atoms with Crippen LogP contribution >= 0.6 is 23.2 Å². The van der Waals surface area contributed by atoms with Gasteiger partial charge in [-0.25, -0.2) is 0 Å². The molecule has 0 spiro atoms. The van der Waals surface area contributed by atoms with E-state index in [1.54, 1.807) is 0 Å². The largest absolute Gasteiger partial charge is 0.391 e. The first-order chi connectivity index (χ1) is 7.76. The van der Waals surface area contributed by atoms with Crippen molar-refractivity contribution in [2.45, 2.75) is 33.3 Å². The van der Waals surface area contributed by atoms with Crippen LogP contribution < -0.4 is 5.32 Å². The third-order valence-corrected chi connectivity index (χ3v) is 2.26. The minimum Gasteiger partial charge on any atom is -0.391 e. The Morgan fingerprint density at radius 1 is 1.18 bits per heavy atom. The summed E-state index contributed by atoms with van der Waals surface area (Å²) >= 11 is 11.2. The number of aliphatic hydroxyl groups excluding tert-OH is 1. The van der Waals surface area contributed by atoms with Crippen molar-refractivity contribution in [3.8, 4) is 0 Å². The molecule has 0 radical (unpaired) electrons. The van der Waals surface area contributed by atoms with E-state index in [4.69, 9.17) is 23.2 Å². The van der Waals surface area contributed by atoms with E-state index in [1.165, 1.54) is 0 Å². The maximum atomic E-state index is 9.79. The predicted molar refractivity (Wildman–Crippen MR) is 68.4 cm³/mol.